The molecule has 0 saturated heterocycles. The molecule has 0 bridgehead atoms. The van der Waals surface area contributed by atoms with Crippen molar-refractivity contribution in [2.45, 2.75) is 25.1 Å². The summed E-state index contributed by atoms with van der Waals surface area (Å²) in [6, 6.07) is 4.26. The molecule has 0 radical (unpaired) electrons. The van der Waals surface area contributed by atoms with Crippen LogP contribution in [0, 0.1) is 0 Å². The standard InChI is InChI=1S/C11H11F3N4/c12-11(13,14)7-2-1-3-8-9(7)16-10(17-15)18(8)6-4-5-6/h1-3,6H,4-5,15H2,(H,16,17). The van der Waals surface area contributed by atoms with Gasteiger partial charge in [-0.2, -0.15) is 13.2 Å². The summed E-state index contributed by atoms with van der Waals surface area (Å²) in [4.78, 5) is 3.97. The first kappa shape index (κ1) is 11.3. The van der Waals surface area contributed by atoms with E-state index in [4.69, 9.17) is 5.84 Å². The molecule has 3 rings (SSSR count). The summed E-state index contributed by atoms with van der Waals surface area (Å²) in [6.45, 7) is 0. The molecule has 0 atom stereocenters. The number of fused-ring (bicyclic) bond motifs is 1. The maximum atomic E-state index is 12.9. The van der Waals surface area contributed by atoms with Crippen LogP contribution in [0.5, 0.6) is 0 Å². The highest BCUT2D eigenvalue weighted by Crippen LogP contribution is 2.42. The van der Waals surface area contributed by atoms with Crippen LogP contribution < -0.4 is 11.3 Å². The van der Waals surface area contributed by atoms with Gasteiger partial charge in [-0.25, -0.2) is 10.8 Å². The number of rotatable bonds is 2. The fourth-order valence-corrected chi connectivity index (χ4v) is 2.15. The van der Waals surface area contributed by atoms with Gasteiger partial charge in [-0.15, -0.1) is 0 Å². The maximum absolute atomic E-state index is 12.9. The zero-order chi connectivity index (χ0) is 12.9. The van der Waals surface area contributed by atoms with Crippen molar-refractivity contribution in [3.8, 4) is 0 Å². The lowest BCUT2D eigenvalue weighted by Gasteiger charge is -2.08. The van der Waals surface area contributed by atoms with E-state index in [-0.39, 0.29) is 17.5 Å². The van der Waals surface area contributed by atoms with Crippen molar-refractivity contribution < 1.29 is 13.2 Å². The zero-order valence-corrected chi connectivity index (χ0v) is 9.33. The molecule has 18 heavy (non-hydrogen) atoms. The molecular weight excluding hydrogens is 245 g/mol. The average molecular weight is 256 g/mol. The van der Waals surface area contributed by atoms with Crippen molar-refractivity contribution in [1.29, 1.82) is 0 Å². The van der Waals surface area contributed by atoms with Crippen molar-refractivity contribution in [3.63, 3.8) is 0 Å². The summed E-state index contributed by atoms with van der Waals surface area (Å²) >= 11 is 0. The normalized spacial score (nSPS) is 16.2. The van der Waals surface area contributed by atoms with E-state index in [0.717, 1.165) is 18.9 Å². The van der Waals surface area contributed by atoms with E-state index in [1.54, 1.807) is 10.6 Å². The molecular formula is C11H11F3N4. The molecule has 7 heteroatoms. The van der Waals surface area contributed by atoms with Crippen LogP contribution in [0.25, 0.3) is 11.0 Å². The van der Waals surface area contributed by atoms with E-state index in [9.17, 15) is 13.2 Å². The fourth-order valence-electron chi connectivity index (χ4n) is 2.15. The summed E-state index contributed by atoms with van der Waals surface area (Å²) in [5.41, 5.74) is 2.06. The smallest absolute Gasteiger partial charge is 0.306 e. The lowest BCUT2D eigenvalue weighted by Crippen LogP contribution is -2.12. The summed E-state index contributed by atoms with van der Waals surface area (Å²) in [5.74, 6) is 5.61. The Bertz CT molecular complexity index is 598. The molecule has 0 amide bonds. The van der Waals surface area contributed by atoms with Gasteiger partial charge < -0.3 is 4.57 Å². The van der Waals surface area contributed by atoms with E-state index in [1.807, 2.05) is 0 Å². The van der Waals surface area contributed by atoms with Gasteiger partial charge >= 0.3 is 6.18 Å². The van der Waals surface area contributed by atoms with Crippen molar-refractivity contribution in [2.24, 2.45) is 5.84 Å². The Morgan fingerprint density at radius 1 is 1.33 bits per heavy atom. The van der Waals surface area contributed by atoms with E-state index in [2.05, 4.69) is 10.4 Å². The molecule has 4 nitrogen and oxygen atoms in total. The van der Waals surface area contributed by atoms with Crippen LogP contribution in [-0.4, -0.2) is 9.55 Å². The molecule has 2 aromatic rings. The quantitative estimate of drug-likeness (QED) is 0.641. The topological polar surface area (TPSA) is 55.9 Å². The third-order valence-corrected chi connectivity index (χ3v) is 3.07. The van der Waals surface area contributed by atoms with Crippen LogP contribution in [0.15, 0.2) is 18.2 Å². The van der Waals surface area contributed by atoms with Crippen LogP contribution >= 0.6 is 0 Å². The minimum absolute atomic E-state index is 0.0511. The first-order valence-electron chi connectivity index (χ1n) is 5.57. The van der Waals surface area contributed by atoms with Gasteiger partial charge in [0.1, 0.15) is 5.52 Å². The maximum Gasteiger partial charge on any atom is 0.418 e. The van der Waals surface area contributed by atoms with Crippen LogP contribution in [0.1, 0.15) is 24.4 Å². The van der Waals surface area contributed by atoms with E-state index < -0.39 is 11.7 Å². The molecule has 1 aliphatic carbocycles. The molecule has 1 aliphatic rings. The molecule has 1 aromatic heterocycles. The lowest BCUT2D eigenvalue weighted by molar-refractivity contribution is -0.136. The average Bonchev–Trinajstić information content (AvgIpc) is 3.07. The first-order valence-corrected chi connectivity index (χ1v) is 5.57. The zero-order valence-electron chi connectivity index (χ0n) is 9.33. The first-order chi connectivity index (χ1) is 8.52. The molecule has 1 aromatic carbocycles. The fraction of sp³-hybridized carbons (Fsp3) is 0.364. The molecule has 96 valence electrons. The Hall–Kier alpha value is -1.76. The third kappa shape index (κ3) is 1.62. The number of benzene rings is 1. The Morgan fingerprint density at radius 3 is 2.61 bits per heavy atom. The predicted molar refractivity (Wildman–Crippen MR) is 60.8 cm³/mol. The Morgan fingerprint density at radius 2 is 2.06 bits per heavy atom. The summed E-state index contributed by atoms with van der Waals surface area (Å²) < 4.78 is 40.4. The van der Waals surface area contributed by atoms with Gasteiger partial charge in [0.25, 0.3) is 0 Å². The molecule has 1 heterocycles. The van der Waals surface area contributed by atoms with Crippen LogP contribution in [0.2, 0.25) is 0 Å². The second-order valence-corrected chi connectivity index (χ2v) is 4.35. The Balaban J connectivity index is 2.30. The second kappa shape index (κ2) is 3.61. The number of nitrogens with one attached hydrogen (secondary N) is 1. The Labute approximate surface area is 101 Å². The second-order valence-electron chi connectivity index (χ2n) is 4.35. The number of anilines is 1. The number of nitrogens with zero attached hydrogens (tertiary/aromatic N) is 2. The van der Waals surface area contributed by atoms with Crippen LogP contribution in [-0.2, 0) is 6.18 Å². The van der Waals surface area contributed by atoms with E-state index in [1.165, 1.54) is 6.07 Å². The summed E-state index contributed by atoms with van der Waals surface area (Å²) in [5, 5.41) is 0. The highest BCUT2D eigenvalue weighted by Gasteiger charge is 2.36. The van der Waals surface area contributed by atoms with E-state index >= 15 is 0 Å². The molecule has 3 N–H and O–H groups in total. The monoisotopic (exact) mass is 256 g/mol. The summed E-state index contributed by atoms with van der Waals surface area (Å²) in [6.07, 6.45) is -2.53. The largest absolute Gasteiger partial charge is 0.418 e. The van der Waals surface area contributed by atoms with Gasteiger partial charge in [-0.05, 0) is 25.0 Å². The molecule has 0 aliphatic heterocycles. The van der Waals surface area contributed by atoms with Gasteiger partial charge in [-0.3, -0.25) is 5.43 Å². The van der Waals surface area contributed by atoms with Crippen molar-refractivity contribution in [3.05, 3.63) is 23.8 Å². The van der Waals surface area contributed by atoms with Crippen molar-refractivity contribution in [1.82, 2.24) is 9.55 Å². The number of hydrazine groups is 1. The lowest BCUT2D eigenvalue weighted by atomic mass is 10.2. The minimum Gasteiger partial charge on any atom is -0.306 e. The number of imidazole rings is 1. The van der Waals surface area contributed by atoms with Gasteiger partial charge in [0.15, 0.2) is 0 Å². The summed E-state index contributed by atoms with van der Waals surface area (Å²) in [7, 11) is 0. The van der Waals surface area contributed by atoms with Crippen molar-refractivity contribution in [2.75, 3.05) is 5.43 Å². The van der Waals surface area contributed by atoms with Gasteiger partial charge in [0, 0.05) is 6.04 Å². The molecule has 0 unspecified atom stereocenters. The number of nitrogen functional groups attached to an aromatic ring is 1. The minimum atomic E-state index is -4.41. The van der Waals surface area contributed by atoms with Crippen LogP contribution in [0.4, 0.5) is 19.1 Å². The van der Waals surface area contributed by atoms with E-state index in [0.29, 0.717) is 5.52 Å². The van der Waals surface area contributed by atoms with Crippen molar-refractivity contribution >= 4 is 17.0 Å². The SMILES string of the molecule is NNc1nc2c(C(F)(F)F)cccc2n1C1CC1. The number of halogens is 3. The molecule has 0 spiro atoms. The predicted octanol–water partition coefficient (Wildman–Crippen LogP) is 2.68. The highest BCUT2D eigenvalue weighted by atomic mass is 19.4. The van der Waals surface area contributed by atoms with Crippen LogP contribution in [0.3, 0.4) is 0 Å². The number of aromatic nitrogens is 2. The van der Waals surface area contributed by atoms with Gasteiger partial charge in [0.05, 0.1) is 11.1 Å². The molecule has 1 saturated carbocycles. The third-order valence-electron chi connectivity index (χ3n) is 3.07. The number of hydrogen-bond donors (Lipinski definition) is 2. The van der Waals surface area contributed by atoms with Gasteiger partial charge in [-0.1, -0.05) is 6.07 Å². The van der Waals surface area contributed by atoms with Gasteiger partial charge in [0.2, 0.25) is 5.95 Å². The molecule has 1 fully saturated rings. The number of alkyl halides is 3. The number of hydrogen-bond acceptors (Lipinski definition) is 3. The Kier molecular flexibility index (Phi) is 2.28. The number of para-hydroxylation sites is 1. The number of nitrogens with two attached hydrogens (primary N) is 1. The highest BCUT2D eigenvalue weighted by molar-refractivity contribution is 5.82.